The number of unbranched alkanes of at least 4 members (excludes halogenated alkanes) is 3. The lowest BCUT2D eigenvalue weighted by Crippen LogP contribution is -2.44. The zero-order chi connectivity index (χ0) is 19.8. The molecule has 1 aliphatic rings. The third-order valence-electron chi connectivity index (χ3n) is 5.22. The van der Waals surface area contributed by atoms with E-state index in [0.717, 1.165) is 64.0 Å². The van der Waals surface area contributed by atoms with Gasteiger partial charge in [0.1, 0.15) is 17.1 Å². The summed E-state index contributed by atoms with van der Waals surface area (Å²) in [7, 11) is 0. The Balaban J connectivity index is 1.29. The molecule has 1 heterocycles. The van der Waals surface area contributed by atoms with Crippen molar-refractivity contribution in [3.63, 3.8) is 0 Å². The maximum absolute atomic E-state index is 11.8. The number of benzene rings is 1. The van der Waals surface area contributed by atoms with Gasteiger partial charge in [0, 0.05) is 19.1 Å². The van der Waals surface area contributed by atoms with E-state index in [1.165, 1.54) is 5.56 Å². The molecule has 2 aromatic rings. The van der Waals surface area contributed by atoms with E-state index in [-0.39, 0.29) is 11.5 Å². The second-order valence-electron chi connectivity index (χ2n) is 7.60. The van der Waals surface area contributed by atoms with Gasteiger partial charge in [0.25, 0.3) is 10.9 Å². The highest BCUT2D eigenvalue weighted by molar-refractivity contribution is 5.74. The van der Waals surface area contributed by atoms with Crippen LogP contribution in [0.15, 0.2) is 33.9 Å². The monoisotopic (exact) mass is 385 g/mol. The molecule has 0 spiro atoms. The highest BCUT2D eigenvalue weighted by Gasteiger charge is 2.23. The molecule has 1 aliphatic heterocycles. The first-order valence-corrected chi connectivity index (χ1v) is 10.4. The largest absolute Gasteiger partial charge is 0.494 e. The molecular formula is C22H31N3O3. The number of anilines is 2. The average molecular weight is 386 g/mol. The minimum atomic E-state index is -0.391. The van der Waals surface area contributed by atoms with Gasteiger partial charge in [-0.2, -0.15) is 0 Å². The topological polar surface area (TPSA) is 79.5 Å². The molecule has 0 saturated carbocycles. The van der Waals surface area contributed by atoms with Crippen molar-refractivity contribution < 1.29 is 4.74 Å². The molecule has 0 aliphatic carbocycles. The smallest absolute Gasteiger partial charge is 0.253 e. The molecule has 28 heavy (non-hydrogen) atoms. The van der Waals surface area contributed by atoms with Crippen LogP contribution in [-0.2, 0) is 0 Å². The van der Waals surface area contributed by atoms with Gasteiger partial charge in [-0.05, 0) is 51.3 Å². The van der Waals surface area contributed by atoms with E-state index in [4.69, 9.17) is 4.74 Å². The molecular weight excluding hydrogens is 354 g/mol. The molecule has 1 fully saturated rings. The molecule has 1 unspecified atom stereocenters. The maximum atomic E-state index is 11.8. The number of rotatable bonds is 11. The van der Waals surface area contributed by atoms with E-state index >= 15 is 0 Å². The van der Waals surface area contributed by atoms with Crippen molar-refractivity contribution in [2.24, 2.45) is 0 Å². The minimum Gasteiger partial charge on any atom is -0.494 e. The number of ether oxygens (including phenoxy) is 1. The molecule has 6 nitrogen and oxygen atoms in total. The van der Waals surface area contributed by atoms with Crippen molar-refractivity contribution >= 4 is 11.4 Å². The Bertz CT molecular complexity index is 803. The molecule has 0 amide bonds. The Labute approximate surface area is 166 Å². The van der Waals surface area contributed by atoms with Crippen molar-refractivity contribution in [1.82, 2.24) is 5.32 Å². The molecule has 152 valence electrons. The fourth-order valence-corrected chi connectivity index (χ4v) is 3.50. The van der Waals surface area contributed by atoms with Crippen LogP contribution in [0.25, 0.3) is 0 Å². The average Bonchev–Trinajstić information content (AvgIpc) is 2.73. The first-order valence-electron chi connectivity index (χ1n) is 10.4. The Hall–Kier alpha value is -2.34. The minimum absolute atomic E-state index is 0.228. The number of hydrogen-bond acceptors (Lipinski definition) is 6. The van der Waals surface area contributed by atoms with Crippen molar-refractivity contribution in [2.45, 2.75) is 51.5 Å². The van der Waals surface area contributed by atoms with Gasteiger partial charge in [-0.1, -0.05) is 30.5 Å². The van der Waals surface area contributed by atoms with Crippen LogP contribution in [0.3, 0.4) is 0 Å². The van der Waals surface area contributed by atoms with Gasteiger partial charge in [-0.3, -0.25) is 9.59 Å². The van der Waals surface area contributed by atoms with Gasteiger partial charge in [-0.15, -0.1) is 0 Å². The van der Waals surface area contributed by atoms with Gasteiger partial charge in [-0.25, -0.2) is 0 Å². The first kappa shape index (κ1) is 20.4. The van der Waals surface area contributed by atoms with Crippen LogP contribution in [0.4, 0.5) is 11.4 Å². The summed E-state index contributed by atoms with van der Waals surface area (Å²) in [6, 6.07) is 8.33. The summed E-state index contributed by atoms with van der Waals surface area (Å²) in [5.74, 6) is 0.917. The molecule has 0 radical (unpaired) electrons. The third-order valence-corrected chi connectivity index (χ3v) is 5.22. The van der Waals surface area contributed by atoms with Crippen molar-refractivity contribution in [3.05, 3.63) is 50.3 Å². The van der Waals surface area contributed by atoms with Crippen LogP contribution in [-0.4, -0.2) is 32.3 Å². The maximum Gasteiger partial charge on any atom is 0.253 e. The number of aryl methyl sites for hydroxylation is 1. The van der Waals surface area contributed by atoms with E-state index in [2.05, 4.69) is 35.0 Å². The Kier molecular flexibility index (Phi) is 7.48. The zero-order valence-corrected chi connectivity index (χ0v) is 16.7. The normalized spacial score (nSPS) is 16.8. The van der Waals surface area contributed by atoms with Gasteiger partial charge in [0.15, 0.2) is 0 Å². The summed E-state index contributed by atoms with van der Waals surface area (Å²) in [6.45, 7) is 5.35. The molecule has 0 bridgehead atoms. The van der Waals surface area contributed by atoms with Crippen LogP contribution in [0.2, 0.25) is 0 Å². The summed E-state index contributed by atoms with van der Waals surface area (Å²) in [4.78, 5) is 23.7. The SMILES string of the molecule is Cc1ccc(OCCCCCCNc2c(NC3CCCNC3)c(=O)c2=O)cc1. The van der Waals surface area contributed by atoms with E-state index in [1.807, 2.05) is 12.1 Å². The number of piperidine rings is 1. The van der Waals surface area contributed by atoms with Gasteiger partial charge < -0.3 is 20.7 Å². The number of nitrogens with one attached hydrogen (secondary N) is 3. The number of hydrogen-bond donors (Lipinski definition) is 3. The Morgan fingerprint density at radius 2 is 1.79 bits per heavy atom. The van der Waals surface area contributed by atoms with E-state index in [1.54, 1.807) is 0 Å². The van der Waals surface area contributed by atoms with E-state index in [0.29, 0.717) is 17.9 Å². The second-order valence-corrected chi connectivity index (χ2v) is 7.60. The first-order chi connectivity index (χ1) is 13.6. The third kappa shape index (κ3) is 5.58. The van der Waals surface area contributed by atoms with Crippen molar-refractivity contribution in [3.8, 4) is 5.75 Å². The fraction of sp³-hybridized carbons (Fsp3) is 0.545. The predicted octanol–water partition coefficient (Wildman–Crippen LogP) is 2.81. The summed E-state index contributed by atoms with van der Waals surface area (Å²) in [5, 5.41) is 9.70. The molecule has 1 saturated heterocycles. The fourth-order valence-electron chi connectivity index (χ4n) is 3.50. The Morgan fingerprint density at radius 3 is 2.54 bits per heavy atom. The van der Waals surface area contributed by atoms with Gasteiger partial charge >= 0.3 is 0 Å². The lowest BCUT2D eigenvalue weighted by Gasteiger charge is -2.26. The van der Waals surface area contributed by atoms with E-state index < -0.39 is 5.43 Å². The lowest BCUT2D eigenvalue weighted by atomic mass is 10.1. The summed E-state index contributed by atoms with van der Waals surface area (Å²) >= 11 is 0. The summed E-state index contributed by atoms with van der Waals surface area (Å²) < 4.78 is 5.73. The van der Waals surface area contributed by atoms with Crippen LogP contribution in [0, 0.1) is 6.92 Å². The molecule has 6 heteroatoms. The van der Waals surface area contributed by atoms with Crippen LogP contribution < -0.4 is 31.5 Å². The molecule has 1 atom stereocenters. The van der Waals surface area contributed by atoms with Crippen molar-refractivity contribution in [1.29, 1.82) is 0 Å². The Morgan fingerprint density at radius 1 is 1.04 bits per heavy atom. The lowest BCUT2D eigenvalue weighted by molar-refractivity contribution is 0.305. The van der Waals surface area contributed by atoms with Gasteiger partial charge in [0.2, 0.25) is 0 Å². The van der Waals surface area contributed by atoms with Crippen LogP contribution in [0.1, 0.15) is 44.1 Å². The highest BCUT2D eigenvalue weighted by atomic mass is 16.5. The molecule has 0 aromatic heterocycles. The van der Waals surface area contributed by atoms with Crippen LogP contribution in [0.5, 0.6) is 5.75 Å². The zero-order valence-electron chi connectivity index (χ0n) is 16.7. The standard InChI is InChI=1S/C22H31N3O3/c1-16-8-10-18(11-9-16)28-14-5-3-2-4-13-24-19-20(22(27)21(19)26)25-17-7-6-12-23-15-17/h8-11,17,23-25H,2-7,12-15H2,1H3. The predicted molar refractivity (Wildman–Crippen MR) is 115 cm³/mol. The quantitative estimate of drug-likeness (QED) is 0.408. The highest BCUT2D eigenvalue weighted by Crippen LogP contribution is 2.18. The second kappa shape index (κ2) is 10.3. The van der Waals surface area contributed by atoms with Crippen LogP contribution >= 0.6 is 0 Å². The van der Waals surface area contributed by atoms with E-state index in [9.17, 15) is 9.59 Å². The molecule has 2 aromatic carbocycles. The summed E-state index contributed by atoms with van der Waals surface area (Å²) in [6.07, 6.45) is 6.23. The molecule has 3 N–H and O–H groups in total. The molecule has 3 rings (SSSR count). The van der Waals surface area contributed by atoms with Crippen molar-refractivity contribution in [2.75, 3.05) is 36.9 Å². The van der Waals surface area contributed by atoms with Gasteiger partial charge in [0.05, 0.1) is 6.61 Å². The summed E-state index contributed by atoms with van der Waals surface area (Å²) in [5.41, 5.74) is 1.40.